The lowest BCUT2D eigenvalue weighted by molar-refractivity contribution is 0.136. The fraction of sp³-hybridized carbons (Fsp3) is 0.583. The van der Waals surface area contributed by atoms with Gasteiger partial charge in [0.05, 0.1) is 22.5 Å². The lowest BCUT2D eigenvalue weighted by Gasteiger charge is -2.21. The molecule has 0 bridgehead atoms. The second kappa shape index (κ2) is 4.82. The van der Waals surface area contributed by atoms with Crippen molar-refractivity contribution in [3.8, 4) is 0 Å². The van der Waals surface area contributed by atoms with Crippen LogP contribution in [0.15, 0.2) is 10.7 Å². The van der Waals surface area contributed by atoms with Gasteiger partial charge >= 0.3 is 0 Å². The zero-order chi connectivity index (χ0) is 12.6. The molecule has 0 amide bonds. The summed E-state index contributed by atoms with van der Waals surface area (Å²) in [6.45, 7) is 5.62. The summed E-state index contributed by atoms with van der Waals surface area (Å²) in [5.74, 6) is 1.27. The van der Waals surface area contributed by atoms with Gasteiger partial charge in [-0.3, -0.25) is 0 Å². The Balaban J connectivity index is 2.22. The van der Waals surface area contributed by atoms with Crippen molar-refractivity contribution in [3.63, 3.8) is 0 Å². The van der Waals surface area contributed by atoms with E-state index in [1.165, 1.54) is 0 Å². The van der Waals surface area contributed by atoms with Gasteiger partial charge < -0.3 is 15.7 Å². The van der Waals surface area contributed by atoms with Crippen molar-refractivity contribution in [1.29, 1.82) is 0 Å². The molecule has 0 spiro atoms. The zero-order valence-corrected chi connectivity index (χ0v) is 11.7. The third-order valence-electron chi connectivity index (χ3n) is 3.49. The topological polar surface area (TPSA) is 62.4 Å². The number of halogens is 1. The Morgan fingerprint density at radius 2 is 2.35 bits per heavy atom. The minimum Gasteiger partial charge on any atom is -0.397 e. The molecular formula is C12H18BrN3O. The number of hydrogen-bond donors (Lipinski definition) is 2. The van der Waals surface area contributed by atoms with Gasteiger partial charge in [-0.25, -0.2) is 4.98 Å². The molecule has 3 N–H and O–H groups in total. The highest BCUT2D eigenvalue weighted by molar-refractivity contribution is 9.10. The summed E-state index contributed by atoms with van der Waals surface area (Å²) in [5, 5.41) is 9.61. The number of hydrogen-bond acceptors (Lipinski definition) is 4. The van der Waals surface area contributed by atoms with E-state index in [1.54, 1.807) is 6.20 Å². The highest BCUT2D eigenvalue weighted by atomic mass is 79.9. The molecule has 2 atom stereocenters. The molecule has 4 nitrogen and oxygen atoms in total. The first-order chi connectivity index (χ1) is 8.00. The molecule has 2 unspecified atom stereocenters. The molecule has 0 saturated carbocycles. The zero-order valence-electron chi connectivity index (χ0n) is 10.2. The number of nitrogens with two attached hydrogens (primary N) is 1. The van der Waals surface area contributed by atoms with E-state index in [0.29, 0.717) is 11.6 Å². The Morgan fingerprint density at radius 1 is 1.65 bits per heavy atom. The van der Waals surface area contributed by atoms with Crippen LogP contribution in [0.2, 0.25) is 0 Å². The van der Waals surface area contributed by atoms with Crippen LogP contribution in [0.1, 0.15) is 18.9 Å². The number of pyridine rings is 1. The molecule has 2 rings (SSSR count). The van der Waals surface area contributed by atoms with Gasteiger partial charge in [-0.15, -0.1) is 0 Å². The molecule has 1 saturated heterocycles. The number of aliphatic hydroxyl groups excluding tert-OH is 1. The van der Waals surface area contributed by atoms with Crippen LogP contribution in [0.3, 0.4) is 0 Å². The SMILES string of the molecule is Cc1c(N)cnc(N2CCC(C(C)O)C2)c1Br. The molecule has 17 heavy (non-hydrogen) atoms. The fourth-order valence-electron chi connectivity index (χ4n) is 2.17. The van der Waals surface area contributed by atoms with Gasteiger partial charge in [0.25, 0.3) is 0 Å². The molecule has 1 aliphatic rings. The van der Waals surface area contributed by atoms with Gasteiger partial charge in [-0.2, -0.15) is 0 Å². The molecule has 0 radical (unpaired) electrons. The Bertz CT molecular complexity index is 422. The normalized spacial score (nSPS) is 21.9. The number of anilines is 2. The van der Waals surface area contributed by atoms with E-state index < -0.39 is 0 Å². The Labute approximate surface area is 110 Å². The number of aromatic nitrogens is 1. The van der Waals surface area contributed by atoms with E-state index in [0.717, 1.165) is 35.4 Å². The van der Waals surface area contributed by atoms with Crippen LogP contribution in [0, 0.1) is 12.8 Å². The lowest BCUT2D eigenvalue weighted by Crippen LogP contribution is -2.25. The summed E-state index contributed by atoms with van der Waals surface area (Å²) < 4.78 is 0.962. The highest BCUT2D eigenvalue weighted by Crippen LogP contribution is 2.33. The van der Waals surface area contributed by atoms with Crippen molar-refractivity contribution in [3.05, 3.63) is 16.2 Å². The van der Waals surface area contributed by atoms with Crippen molar-refractivity contribution in [2.45, 2.75) is 26.4 Å². The Kier molecular flexibility index (Phi) is 3.58. The molecule has 2 heterocycles. The Hall–Kier alpha value is -0.810. The second-order valence-corrected chi connectivity index (χ2v) is 5.50. The fourth-order valence-corrected chi connectivity index (χ4v) is 2.75. The standard InChI is InChI=1S/C12H18BrN3O/c1-7-10(14)5-15-12(11(7)13)16-4-3-9(6-16)8(2)17/h5,8-9,17H,3-4,6,14H2,1-2H3. The first kappa shape index (κ1) is 12.6. The van der Waals surface area contributed by atoms with Gasteiger partial charge in [0.2, 0.25) is 0 Å². The molecule has 94 valence electrons. The molecule has 1 aliphatic heterocycles. The third-order valence-corrected chi connectivity index (χ3v) is 4.44. The molecular weight excluding hydrogens is 282 g/mol. The minimum absolute atomic E-state index is 0.256. The molecule has 1 aromatic rings. The van der Waals surface area contributed by atoms with Crippen LogP contribution in [-0.4, -0.2) is 29.3 Å². The average Bonchev–Trinajstić information content (AvgIpc) is 2.75. The molecule has 1 fully saturated rings. The van der Waals surface area contributed by atoms with E-state index in [9.17, 15) is 5.11 Å². The van der Waals surface area contributed by atoms with Crippen LogP contribution >= 0.6 is 15.9 Å². The van der Waals surface area contributed by atoms with Crippen LogP contribution in [0.25, 0.3) is 0 Å². The second-order valence-electron chi connectivity index (χ2n) is 4.71. The number of nitrogens with zero attached hydrogens (tertiary/aromatic N) is 2. The summed E-state index contributed by atoms with van der Waals surface area (Å²) in [7, 11) is 0. The van der Waals surface area contributed by atoms with Crippen molar-refractivity contribution >= 4 is 27.4 Å². The van der Waals surface area contributed by atoms with Crippen molar-refractivity contribution in [2.24, 2.45) is 5.92 Å². The van der Waals surface area contributed by atoms with E-state index in [-0.39, 0.29) is 6.10 Å². The summed E-state index contributed by atoms with van der Waals surface area (Å²) in [4.78, 5) is 6.59. The van der Waals surface area contributed by atoms with Gasteiger partial charge in [-0.1, -0.05) is 0 Å². The van der Waals surface area contributed by atoms with Gasteiger partial charge in [-0.05, 0) is 41.8 Å². The van der Waals surface area contributed by atoms with Gasteiger partial charge in [0, 0.05) is 19.0 Å². The first-order valence-corrected chi connectivity index (χ1v) is 6.63. The quantitative estimate of drug-likeness (QED) is 0.876. The van der Waals surface area contributed by atoms with E-state index in [2.05, 4.69) is 25.8 Å². The molecule has 0 aliphatic carbocycles. The summed E-state index contributed by atoms with van der Waals surface area (Å²) in [6.07, 6.45) is 2.45. The lowest BCUT2D eigenvalue weighted by atomic mass is 10.0. The monoisotopic (exact) mass is 299 g/mol. The Morgan fingerprint density at radius 3 is 2.94 bits per heavy atom. The average molecular weight is 300 g/mol. The summed E-state index contributed by atoms with van der Waals surface area (Å²) in [5.41, 5.74) is 7.54. The number of aliphatic hydroxyl groups is 1. The smallest absolute Gasteiger partial charge is 0.143 e. The maximum Gasteiger partial charge on any atom is 0.143 e. The maximum absolute atomic E-state index is 9.61. The summed E-state index contributed by atoms with van der Waals surface area (Å²) >= 11 is 3.55. The predicted molar refractivity (Wildman–Crippen MR) is 73.1 cm³/mol. The van der Waals surface area contributed by atoms with E-state index in [4.69, 9.17) is 5.73 Å². The van der Waals surface area contributed by atoms with Gasteiger partial charge in [0.1, 0.15) is 5.82 Å². The number of rotatable bonds is 2. The van der Waals surface area contributed by atoms with Crippen LogP contribution in [-0.2, 0) is 0 Å². The third kappa shape index (κ3) is 2.40. The predicted octanol–water partition coefficient (Wildman–Crippen LogP) is 1.94. The summed E-state index contributed by atoms with van der Waals surface area (Å²) in [6, 6.07) is 0. The molecule has 1 aromatic heterocycles. The van der Waals surface area contributed by atoms with E-state index in [1.807, 2.05) is 13.8 Å². The van der Waals surface area contributed by atoms with Crippen molar-refractivity contribution < 1.29 is 5.11 Å². The minimum atomic E-state index is -0.256. The van der Waals surface area contributed by atoms with Crippen molar-refractivity contribution in [2.75, 3.05) is 23.7 Å². The largest absolute Gasteiger partial charge is 0.397 e. The highest BCUT2D eigenvalue weighted by Gasteiger charge is 2.28. The molecule has 5 heteroatoms. The number of nitrogen functional groups attached to an aromatic ring is 1. The maximum atomic E-state index is 9.61. The van der Waals surface area contributed by atoms with Crippen LogP contribution in [0.5, 0.6) is 0 Å². The van der Waals surface area contributed by atoms with Gasteiger partial charge in [0.15, 0.2) is 0 Å². The van der Waals surface area contributed by atoms with Crippen LogP contribution < -0.4 is 10.6 Å². The first-order valence-electron chi connectivity index (χ1n) is 5.84. The van der Waals surface area contributed by atoms with Crippen molar-refractivity contribution in [1.82, 2.24) is 4.98 Å². The molecule has 0 aromatic carbocycles. The van der Waals surface area contributed by atoms with E-state index >= 15 is 0 Å². The van der Waals surface area contributed by atoms with Crippen LogP contribution in [0.4, 0.5) is 11.5 Å².